The number of carbonyl (C=O) groups excluding carboxylic acids is 1. The highest BCUT2D eigenvalue weighted by Crippen LogP contribution is 2.33. The van der Waals surface area contributed by atoms with Gasteiger partial charge in [0.2, 0.25) is 0 Å². The summed E-state index contributed by atoms with van der Waals surface area (Å²) in [6.45, 7) is 2.64. The number of halogens is 3. The van der Waals surface area contributed by atoms with Gasteiger partial charge in [-0.2, -0.15) is 18.4 Å². The van der Waals surface area contributed by atoms with Crippen LogP contribution in [0.2, 0.25) is 0 Å². The van der Waals surface area contributed by atoms with Crippen LogP contribution in [0.4, 0.5) is 13.2 Å². The third kappa shape index (κ3) is 6.43. The van der Waals surface area contributed by atoms with Crippen molar-refractivity contribution in [3.8, 4) is 11.8 Å². The highest BCUT2D eigenvalue weighted by atomic mass is 32.2. The number of nitrogens with zero attached hydrogens (tertiary/aromatic N) is 3. The monoisotopic (exact) mass is 535 g/mol. The van der Waals surface area contributed by atoms with E-state index in [1.54, 1.807) is 23.1 Å². The van der Waals surface area contributed by atoms with E-state index in [0.717, 1.165) is 44.3 Å². The van der Waals surface area contributed by atoms with Gasteiger partial charge in [0.15, 0.2) is 9.84 Å². The first-order valence-corrected chi connectivity index (χ1v) is 14.0. The van der Waals surface area contributed by atoms with Crippen LogP contribution in [0.1, 0.15) is 47.2 Å². The number of benzene rings is 2. The molecule has 11 heteroatoms. The number of sulfone groups is 1. The van der Waals surface area contributed by atoms with Crippen LogP contribution < -0.4 is 4.74 Å². The summed E-state index contributed by atoms with van der Waals surface area (Å²) < 4.78 is 68.3. The SMILES string of the molecule is CS(=O)(=O)c1cccc(C(=O)N2CCC(N3CCC(Oc4ccc(C(F)(F)F)cc4C#N)CC3)CC2)c1. The molecule has 2 aromatic rings. The first-order valence-electron chi connectivity index (χ1n) is 12.1. The molecule has 0 atom stereocenters. The molecule has 4 rings (SSSR count). The van der Waals surface area contributed by atoms with Gasteiger partial charge in [0.1, 0.15) is 17.9 Å². The second-order valence-electron chi connectivity index (χ2n) is 9.50. The van der Waals surface area contributed by atoms with E-state index in [1.807, 2.05) is 0 Å². The maximum absolute atomic E-state index is 12.9. The maximum atomic E-state index is 12.9. The van der Waals surface area contributed by atoms with E-state index in [1.165, 1.54) is 18.2 Å². The number of hydrogen-bond acceptors (Lipinski definition) is 6. The molecule has 0 aromatic heterocycles. The van der Waals surface area contributed by atoms with Crippen molar-refractivity contribution in [3.63, 3.8) is 0 Å². The molecule has 0 N–H and O–H groups in total. The number of carbonyl (C=O) groups is 1. The van der Waals surface area contributed by atoms with Gasteiger partial charge >= 0.3 is 6.18 Å². The van der Waals surface area contributed by atoms with Crippen molar-refractivity contribution >= 4 is 15.7 Å². The van der Waals surface area contributed by atoms with Crippen LogP contribution in [0, 0.1) is 11.3 Å². The molecule has 0 bridgehead atoms. The summed E-state index contributed by atoms with van der Waals surface area (Å²) in [5, 5.41) is 9.27. The fourth-order valence-corrected chi connectivity index (χ4v) is 5.58. The number of piperidine rings is 2. The van der Waals surface area contributed by atoms with E-state index < -0.39 is 21.6 Å². The van der Waals surface area contributed by atoms with E-state index >= 15 is 0 Å². The first kappa shape index (κ1) is 26.9. The smallest absolute Gasteiger partial charge is 0.416 e. The predicted molar refractivity (Wildman–Crippen MR) is 130 cm³/mol. The Bertz CT molecular complexity index is 1290. The molecule has 1 amide bonds. The quantitative estimate of drug-likeness (QED) is 0.572. The molecular weight excluding hydrogens is 507 g/mol. The van der Waals surface area contributed by atoms with Gasteiger partial charge in [-0.25, -0.2) is 8.42 Å². The Kier molecular flexibility index (Phi) is 7.80. The lowest BCUT2D eigenvalue weighted by molar-refractivity contribution is -0.137. The van der Waals surface area contributed by atoms with E-state index in [2.05, 4.69) is 4.90 Å². The molecular formula is C26H28F3N3O4S. The largest absolute Gasteiger partial charge is 0.489 e. The number of hydrogen-bond donors (Lipinski definition) is 0. The van der Waals surface area contributed by atoms with Crippen molar-refractivity contribution in [2.45, 2.75) is 48.9 Å². The first-order chi connectivity index (χ1) is 17.5. The van der Waals surface area contributed by atoms with Gasteiger partial charge in [0, 0.05) is 44.0 Å². The molecule has 0 saturated carbocycles. The predicted octanol–water partition coefficient (Wildman–Crippen LogP) is 4.13. The van der Waals surface area contributed by atoms with Crippen LogP contribution in [-0.4, -0.2) is 68.7 Å². The van der Waals surface area contributed by atoms with Crippen molar-refractivity contribution in [1.82, 2.24) is 9.80 Å². The van der Waals surface area contributed by atoms with Crippen molar-refractivity contribution in [2.75, 3.05) is 32.4 Å². The zero-order valence-corrected chi connectivity index (χ0v) is 21.2. The van der Waals surface area contributed by atoms with E-state index in [9.17, 15) is 31.6 Å². The molecule has 2 heterocycles. The van der Waals surface area contributed by atoms with Gasteiger partial charge in [-0.05, 0) is 62.1 Å². The maximum Gasteiger partial charge on any atom is 0.416 e. The Labute approximate surface area is 214 Å². The lowest BCUT2D eigenvalue weighted by atomic mass is 9.98. The number of likely N-dealkylation sites (tertiary alicyclic amines) is 2. The molecule has 2 aliphatic heterocycles. The molecule has 37 heavy (non-hydrogen) atoms. The summed E-state index contributed by atoms with van der Waals surface area (Å²) in [4.78, 5) is 17.1. The Morgan fingerprint density at radius 1 is 1.03 bits per heavy atom. The normalized spacial score (nSPS) is 18.4. The van der Waals surface area contributed by atoms with Crippen LogP contribution in [0.5, 0.6) is 5.75 Å². The minimum absolute atomic E-state index is 0.122. The van der Waals surface area contributed by atoms with Gasteiger partial charge in [-0.1, -0.05) is 6.07 Å². The molecule has 0 spiro atoms. The Balaban J connectivity index is 1.28. The third-order valence-electron chi connectivity index (χ3n) is 6.97. The molecule has 7 nitrogen and oxygen atoms in total. The highest BCUT2D eigenvalue weighted by Gasteiger charge is 2.33. The molecule has 2 aliphatic rings. The molecule has 0 aliphatic carbocycles. The van der Waals surface area contributed by atoms with Crippen molar-refractivity contribution in [2.24, 2.45) is 0 Å². The van der Waals surface area contributed by atoms with Gasteiger partial charge in [-0.3, -0.25) is 9.69 Å². The number of nitriles is 1. The van der Waals surface area contributed by atoms with E-state index in [-0.39, 0.29) is 28.2 Å². The lowest BCUT2D eigenvalue weighted by Crippen LogP contribution is -2.50. The Hall–Kier alpha value is -3.10. The zero-order chi connectivity index (χ0) is 26.8. The standard InChI is InChI=1S/C26H28F3N3O4S/c1-37(34,35)23-4-2-3-18(16-23)25(33)32-11-7-21(8-12-32)31-13-9-22(10-14-31)36-24-6-5-20(26(27,28)29)15-19(24)17-30/h2-6,15-16,21-22H,7-14H2,1H3. The number of amides is 1. The summed E-state index contributed by atoms with van der Waals surface area (Å²) in [5.74, 6) is -0.0124. The van der Waals surface area contributed by atoms with E-state index in [4.69, 9.17) is 4.74 Å². The number of rotatable bonds is 5. The van der Waals surface area contributed by atoms with Gasteiger partial charge in [0.25, 0.3) is 5.91 Å². The van der Waals surface area contributed by atoms with Gasteiger partial charge in [0.05, 0.1) is 16.0 Å². The number of alkyl halides is 3. The van der Waals surface area contributed by atoms with Gasteiger partial charge in [-0.15, -0.1) is 0 Å². The number of ether oxygens (including phenoxy) is 1. The van der Waals surface area contributed by atoms with Crippen molar-refractivity contribution in [1.29, 1.82) is 5.26 Å². The van der Waals surface area contributed by atoms with Crippen LogP contribution in [-0.2, 0) is 16.0 Å². The Morgan fingerprint density at radius 2 is 1.70 bits per heavy atom. The molecule has 0 unspecified atom stereocenters. The summed E-state index contributed by atoms with van der Waals surface area (Å²) in [6, 6.07) is 11.2. The van der Waals surface area contributed by atoms with Crippen molar-refractivity contribution < 1.29 is 31.1 Å². The molecule has 0 radical (unpaired) electrons. The molecule has 2 saturated heterocycles. The second kappa shape index (κ2) is 10.7. The minimum atomic E-state index is -4.52. The fraction of sp³-hybridized carbons (Fsp3) is 0.462. The van der Waals surface area contributed by atoms with Crippen LogP contribution in [0.3, 0.4) is 0 Å². The average molecular weight is 536 g/mol. The summed E-state index contributed by atoms with van der Waals surface area (Å²) in [7, 11) is -3.40. The average Bonchev–Trinajstić information content (AvgIpc) is 2.88. The highest BCUT2D eigenvalue weighted by molar-refractivity contribution is 7.90. The van der Waals surface area contributed by atoms with Crippen LogP contribution >= 0.6 is 0 Å². The molecule has 2 aromatic carbocycles. The van der Waals surface area contributed by atoms with Crippen molar-refractivity contribution in [3.05, 3.63) is 59.2 Å². The second-order valence-corrected chi connectivity index (χ2v) is 11.5. The lowest BCUT2D eigenvalue weighted by Gasteiger charge is -2.41. The summed E-state index contributed by atoms with van der Waals surface area (Å²) >= 11 is 0. The minimum Gasteiger partial charge on any atom is -0.489 e. The third-order valence-corrected chi connectivity index (χ3v) is 8.09. The molecule has 198 valence electrons. The van der Waals surface area contributed by atoms with Crippen LogP contribution in [0.15, 0.2) is 47.4 Å². The molecule has 2 fully saturated rings. The topological polar surface area (TPSA) is 90.7 Å². The fourth-order valence-electron chi connectivity index (χ4n) is 4.91. The summed E-state index contributed by atoms with van der Waals surface area (Å²) in [5.41, 5.74) is -0.644. The van der Waals surface area contributed by atoms with Crippen LogP contribution in [0.25, 0.3) is 0 Å². The Morgan fingerprint density at radius 3 is 2.30 bits per heavy atom. The van der Waals surface area contributed by atoms with Gasteiger partial charge < -0.3 is 9.64 Å². The zero-order valence-electron chi connectivity index (χ0n) is 20.4. The summed E-state index contributed by atoms with van der Waals surface area (Å²) in [6.07, 6.45) is -0.643. The van der Waals surface area contributed by atoms with E-state index in [0.29, 0.717) is 37.5 Å².